The van der Waals surface area contributed by atoms with E-state index in [0.717, 1.165) is 23.2 Å². The summed E-state index contributed by atoms with van der Waals surface area (Å²) in [6, 6.07) is 0. The lowest BCUT2D eigenvalue weighted by Crippen LogP contribution is -2.40. The summed E-state index contributed by atoms with van der Waals surface area (Å²) in [7, 11) is -0.855. The SMILES string of the molecule is CCNC(=NCc1nc(C(C)C)cs1)NCCS(=O)C(C)(C)C.I. The number of nitrogens with zero attached hydrogens (tertiary/aromatic N) is 2. The molecule has 1 heterocycles. The summed E-state index contributed by atoms with van der Waals surface area (Å²) >= 11 is 1.65. The van der Waals surface area contributed by atoms with E-state index >= 15 is 0 Å². The highest BCUT2D eigenvalue weighted by Crippen LogP contribution is 2.18. The summed E-state index contributed by atoms with van der Waals surface area (Å²) in [4.78, 5) is 9.15. The highest BCUT2D eigenvalue weighted by molar-refractivity contribution is 14.0. The van der Waals surface area contributed by atoms with Gasteiger partial charge in [-0.2, -0.15) is 0 Å². The van der Waals surface area contributed by atoms with Crippen molar-refractivity contribution in [1.82, 2.24) is 15.6 Å². The number of rotatable bonds is 7. The number of halogens is 1. The minimum atomic E-state index is -0.855. The molecule has 24 heavy (non-hydrogen) atoms. The molecule has 0 amide bonds. The minimum absolute atomic E-state index is 0. The van der Waals surface area contributed by atoms with E-state index in [1.54, 1.807) is 11.3 Å². The van der Waals surface area contributed by atoms with Crippen LogP contribution in [0.3, 0.4) is 0 Å². The van der Waals surface area contributed by atoms with Crippen molar-refractivity contribution in [3.8, 4) is 0 Å². The second-order valence-electron chi connectivity index (χ2n) is 6.60. The van der Waals surface area contributed by atoms with E-state index in [-0.39, 0.29) is 28.7 Å². The van der Waals surface area contributed by atoms with Gasteiger partial charge in [0.1, 0.15) is 5.01 Å². The van der Waals surface area contributed by atoms with Crippen LogP contribution in [0.15, 0.2) is 10.4 Å². The van der Waals surface area contributed by atoms with Crippen molar-refractivity contribution in [3.63, 3.8) is 0 Å². The van der Waals surface area contributed by atoms with E-state index in [2.05, 4.69) is 39.8 Å². The standard InChI is InChI=1S/C16H30N4OS2.HI/c1-7-17-15(18-8-9-23(21)16(4,5)6)19-10-14-20-13(11-22-14)12(2)3;/h11-12H,7-10H2,1-6H3,(H2,17,18,19);1H. The van der Waals surface area contributed by atoms with Crippen LogP contribution in [0.5, 0.6) is 0 Å². The molecule has 1 rings (SSSR count). The minimum Gasteiger partial charge on any atom is -0.357 e. The molecule has 140 valence electrons. The molecule has 0 saturated carbocycles. The number of aromatic nitrogens is 1. The fourth-order valence-corrected chi connectivity index (χ4v) is 3.50. The van der Waals surface area contributed by atoms with Crippen LogP contribution in [0.4, 0.5) is 0 Å². The molecule has 0 aliphatic heterocycles. The molecule has 0 spiro atoms. The summed E-state index contributed by atoms with van der Waals surface area (Å²) in [5.41, 5.74) is 1.12. The smallest absolute Gasteiger partial charge is 0.191 e. The molecule has 0 aliphatic rings. The molecule has 8 heteroatoms. The van der Waals surface area contributed by atoms with Gasteiger partial charge >= 0.3 is 0 Å². The Labute approximate surface area is 170 Å². The largest absolute Gasteiger partial charge is 0.357 e. The van der Waals surface area contributed by atoms with Gasteiger partial charge in [-0.25, -0.2) is 9.98 Å². The monoisotopic (exact) mass is 486 g/mol. The van der Waals surface area contributed by atoms with Crippen molar-refractivity contribution in [3.05, 3.63) is 16.1 Å². The van der Waals surface area contributed by atoms with Crippen molar-refractivity contribution in [2.24, 2.45) is 4.99 Å². The van der Waals surface area contributed by atoms with E-state index in [1.807, 2.05) is 27.7 Å². The van der Waals surface area contributed by atoms with E-state index in [4.69, 9.17) is 0 Å². The first kappa shape index (κ1) is 23.8. The maximum atomic E-state index is 12.1. The molecule has 0 bridgehead atoms. The lowest BCUT2D eigenvalue weighted by molar-refractivity contribution is 0.647. The van der Waals surface area contributed by atoms with Crippen LogP contribution in [0.25, 0.3) is 0 Å². The van der Waals surface area contributed by atoms with Crippen LogP contribution in [0.1, 0.15) is 58.2 Å². The Morgan fingerprint density at radius 2 is 2.04 bits per heavy atom. The third-order valence-electron chi connectivity index (χ3n) is 3.14. The molecule has 1 aromatic rings. The van der Waals surface area contributed by atoms with Crippen molar-refractivity contribution < 1.29 is 4.21 Å². The van der Waals surface area contributed by atoms with E-state index in [0.29, 0.717) is 24.8 Å². The van der Waals surface area contributed by atoms with Gasteiger partial charge in [-0.15, -0.1) is 35.3 Å². The number of guanidine groups is 1. The van der Waals surface area contributed by atoms with Crippen molar-refractivity contribution in [1.29, 1.82) is 0 Å². The zero-order valence-corrected chi connectivity index (χ0v) is 19.5. The first-order valence-corrected chi connectivity index (χ1v) is 10.3. The van der Waals surface area contributed by atoms with Crippen molar-refractivity contribution in [2.75, 3.05) is 18.8 Å². The second kappa shape index (κ2) is 11.4. The number of hydrogen-bond donors (Lipinski definition) is 2. The molecule has 1 atom stereocenters. The van der Waals surface area contributed by atoms with Gasteiger partial charge in [-0.3, -0.25) is 4.21 Å². The first-order valence-electron chi connectivity index (χ1n) is 8.09. The molecular weight excluding hydrogens is 455 g/mol. The summed E-state index contributed by atoms with van der Waals surface area (Å²) in [5, 5.41) is 9.58. The third kappa shape index (κ3) is 8.75. The van der Waals surface area contributed by atoms with Crippen molar-refractivity contribution in [2.45, 2.75) is 58.8 Å². The fourth-order valence-electron chi connectivity index (χ4n) is 1.72. The maximum absolute atomic E-state index is 12.1. The molecule has 1 unspecified atom stereocenters. The predicted octanol–water partition coefficient (Wildman–Crippen LogP) is 3.49. The molecule has 0 radical (unpaired) electrons. The molecule has 1 aromatic heterocycles. The Kier molecular flexibility index (Phi) is 11.3. The van der Waals surface area contributed by atoms with Gasteiger partial charge in [-0.1, -0.05) is 13.8 Å². The summed E-state index contributed by atoms with van der Waals surface area (Å²) in [6.07, 6.45) is 0. The normalized spacial score (nSPS) is 13.5. The average molecular weight is 486 g/mol. The zero-order chi connectivity index (χ0) is 17.5. The van der Waals surface area contributed by atoms with Crippen LogP contribution in [0.2, 0.25) is 0 Å². The third-order valence-corrected chi connectivity index (χ3v) is 5.93. The maximum Gasteiger partial charge on any atom is 0.191 e. The van der Waals surface area contributed by atoms with Crippen LogP contribution in [-0.4, -0.2) is 38.7 Å². The molecule has 0 aliphatic carbocycles. The average Bonchev–Trinajstić information content (AvgIpc) is 2.92. The summed E-state index contributed by atoms with van der Waals surface area (Å²) in [5.74, 6) is 1.81. The van der Waals surface area contributed by atoms with Gasteiger partial charge in [0.25, 0.3) is 0 Å². The van der Waals surface area contributed by atoms with Gasteiger partial charge in [0.15, 0.2) is 5.96 Å². The van der Waals surface area contributed by atoms with Crippen molar-refractivity contribution >= 4 is 52.1 Å². The lowest BCUT2D eigenvalue weighted by Gasteiger charge is -2.18. The Morgan fingerprint density at radius 3 is 2.54 bits per heavy atom. The molecule has 2 N–H and O–H groups in total. The van der Waals surface area contributed by atoms with Crippen LogP contribution >= 0.6 is 35.3 Å². The number of aliphatic imine (C=N–C) groups is 1. The van der Waals surface area contributed by atoms with Gasteiger partial charge < -0.3 is 10.6 Å². The van der Waals surface area contributed by atoms with E-state index in [1.165, 1.54) is 0 Å². The quantitative estimate of drug-likeness (QED) is 0.352. The van der Waals surface area contributed by atoms with Gasteiger partial charge in [-0.05, 0) is 33.6 Å². The number of nitrogens with one attached hydrogen (secondary N) is 2. The van der Waals surface area contributed by atoms with Crippen LogP contribution < -0.4 is 10.6 Å². The number of thiazole rings is 1. The second-order valence-corrected chi connectivity index (χ2v) is 9.87. The summed E-state index contributed by atoms with van der Waals surface area (Å²) in [6.45, 7) is 14.3. The molecule has 0 fully saturated rings. The Hall–Kier alpha value is -0.220. The van der Waals surface area contributed by atoms with Gasteiger partial charge in [0.05, 0.1) is 12.2 Å². The summed E-state index contributed by atoms with van der Waals surface area (Å²) < 4.78 is 11.9. The van der Waals surface area contributed by atoms with E-state index in [9.17, 15) is 4.21 Å². The lowest BCUT2D eigenvalue weighted by atomic mass is 10.2. The van der Waals surface area contributed by atoms with Gasteiger partial charge in [0.2, 0.25) is 0 Å². The highest BCUT2D eigenvalue weighted by atomic mass is 127. The van der Waals surface area contributed by atoms with Crippen LogP contribution in [-0.2, 0) is 17.3 Å². The molecule has 0 aromatic carbocycles. The molecule has 0 saturated heterocycles. The zero-order valence-electron chi connectivity index (χ0n) is 15.5. The topological polar surface area (TPSA) is 66.4 Å². The molecular formula is C16H31IN4OS2. The molecule has 5 nitrogen and oxygen atoms in total. The highest BCUT2D eigenvalue weighted by Gasteiger charge is 2.18. The van der Waals surface area contributed by atoms with Crippen LogP contribution in [0, 0.1) is 0 Å². The van der Waals surface area contributed by atoms with E-state index < -0.39 is 10.8 Å². The Bertz CT molecular complexity index is 538. The number of hydrogen-bond acceptors (Lipinski definition) is 4. The Morgan fingerprint density at radius 1 is 1.38 bits per heavy atom. The predicted molar refractivity (Wildman–Crippen MR) is 117 cm³/mol. The Balaban J connectivity index is 0.00000529. The van der Waals surface area contributed by atoms with Gasteiger partial charge in [0, 0.05) is 39.8 Å². The first-order chi connectivity index (χ1) is 10.7. The fraction of sp³-hybridized carbons (Fsp3) is 0.750.